The molecule has 0 spiro atoms. The summed E-state index contributed by atoms with van der Waals surface area (Å²) >= 11 is 5.94. The highest BCUT2D eigenvalue weighted by Gasteiger charge is 2.13. The summed E-state index contributed by atoms with van der Waals surface area (Å²) in [5.41, 5.74) is 7.09. The SMILES string of the molecule is COc1ccc(Cl)cc1[C@@H](N)CC(C)C. The Morgan fingerprint density at radius 3 is 2.60 bits per heavy atom. The third kappa shape index (κ3) is 3.40. The fraction of sp³-hybridized carbons (Fsp3) is 0.500. The van der Waals surface area contributed by atoms with E-state index in [-0.39, 0.29) is 6.04 Å². The molecule has 0 heterocycles. The van der Waals surface area contributed by atoms with E-state index in [2.05, 4.69) is 13.8 Å². The van der Waals surface area contributed by atoms with E-state index in [1.807, 2.05) is 18.2 Å². The summed E-state index contributed by atoms with van der Waals surface area (Å²) in [6.45, 7) is 4.30. The standard InChI is InChI=1S/C12H18ClNO/c1-8(2)6-11(14)10-7-9(13)4-5-12(10)15-3/h4-5,7-8,11H,6,14H2,1-3H3/t11-/m0/s1. The molecule has 15 heavy (non-hydrogen) atoms. The summed E-state index contributed by atoms with van der Waals surface area (Å²) in [5, 5.41) is 0.699. The second-order valence-electron chi connectivity index (χ2n) is 4.12. The number of halogens is 1. The van der Waals surface area contributed by atoms with E-state index in [9.17, 15) is 0 Å². The van der Waals surface area contributed by atoms with Crippen LogP contribution in [-0.2, 0) is 0 Å². The number of ether oxygens (including phenoxy) is 1. The predicted molar refractivity (Wildman–Crippen MR) is 64.4 cm³/mol. The molecular weight excluding hydrogens is 210 g/mol. The molecule has 3 heteroatoms. The van der Waals surface area contributed by atoms with E-state index < -0.39 is 0 Å². The molecule has 0 aromatic heterocycles. The Labute approximate surface area is 96.4 Å². The summed E-state index contributed by atoms with van der Waals surface area (Å²) in [5.74, 6) is 1.37. The van der Waals surface area contributed by atoms with Crippen molar-refractivity contribution in [2.24, 2.45) is 11.7 Å². The van der Waals surface area contributed by atoms with Crippen molar-refractivity contribution in [2.75, 3.05) is 7.11 Å². The molecule has 0 aliphatic carbocycles. The number of hydrogen-bond donors (Lipinski definition) is 1. The molecule has 0 fully saturated rings. The Morgan fingerprint density at radius 2 is 2.07 bits per heavy atom. The maximum atomic E-state index is 6.10. The number of benzene rings is 1. The predicted octanol–water partition coefficient (Wildman–Crippen LogP) is 3.39. The molecule has 0 saturated heterocycles. The van der Waals surface area contributed by atoms with Crippen molar-refractivity contribution < 1.29 is 4.74 Å². The number of hydrogen-bond acceptors (Lipinski definition) is 2. The molecule has 1 aromatic carbocycles. The van der Waals surface area contributed by atoms with Gasteiger partial charge in [-0.3, -0.25) is 0 Å². The zero-order chi connectivity index (χ0) is 11.4. The molecule has 0 radical (unpaired) electrons. The van der Waals surface area contributed by atoms with Crippen molar-refractivity contribution in [3.05, 3.63) is 28.8 Å². The Bertz CT molecular complexity index is 325. The zero-order valence-electron chi connectivity index (χ0n) is 9.46. The third-order valence-electron chi connectivity index (χ3n) is 2.32. The van der Waals surface area contributed by atoms with Crippen LogP contribution in [0.1, 0.15) is 31.9 Å². The van der Waals surface area contributed by atoms with Crippen LogP contribution in [-0.4, -0.2) is 7.11 Å². The van der Waals surface area contributed by atoms with E-state index >= 15 is 0 Å². The quantitative estimate of drug-likeness (QED) is 0.856. The van der Waals surface area contributed by atoms with Crippen LogP contribution in [0, 0.1) is 5.92 Å². The first-order valence-corrected chi connectivity index (χ1v) is 5.51. The maximum absolute atomic E-state index is 6.10. The summed E-state index contributed by atoms with van der Waals surface area (Å²) < 4.78 is 5.26. The van der Waals surface area contributed by atoms with Gasteiger partial charge in [0.15, 0.2) is 0 Å². The molecule has 84 valence electrons. The molecule has 0 saturated carbocycles. The third-order valence-corrected chi connectivity index (χ3v) is 2.55. The fourth-order valence-corrected chi connectivity index (χ4v) is 1.81. The fourth-order valence-electron chi connectivity index (χ4n) is 1.63. The topological polar surface area (TPSA) is 35.2 Å². The smallest absolute Gasteiger partial charge is 0.123 e. The first-order valence-electron chi connectivity index (χ1n) is 5.13. The molecule has 2 nitrogen and oxygen atoms in total. The lowest BCUT2D eigenvalue weighted by atomic mass is 9.97. The second-order valence-corrected chi connectivity index (χ2v) is 4.56. The summed E-state index contributed by atoms with van der Waals surface area (Å²) in [6, 6.07) is 5.54. The van der Waals surface area contributed by atoms with Crippen molar-refractivity contribution in [3.8, 4) is 5.75 Å². The van der Waals surface area contributed by atoms with Gasteiger partial charge < -0.3 is 10.5 Å². The largest absolute Gasteiger partial charge is 0.496 e. The first-order chi connectivity index (χ1) is 7.04. The lowest BCUT2D eigenvalue weighted by molar-refractivity contribution is 0.399. The van der Waals surface area contributed by atoms with E-state index in [0.29, 0.717) is 10.9 Å². The summed E-state index contributed by atoms with van der Waals surface area (Å²) in [7, 11) is 1.65. The Morgan fingerprint density at radius 1 is 1.40 bits per heavy atom. The van der Waals surface area contributed by atoms with Crippen LogP contribution in [0.2, 0.25) is 5.02 Å². The van der Waals surface area contributed by atoms with Crippen molar-refractivity contribution in [1.82, 2.24) is 0 Å². The molecule has 1 aromatic rings. The van der Waals surface area contributed by atoms with Gasteiger partial charge in [-0.1, -0.05) is 25.4 Å². The minimum absolute atomic E-state index is 0.0151. The molecule has 1 atom stereocenters. The van der Waals surface area contributed by atoms with E-state index in [0.717, 1.165) is 17.7 Å². The van der Waals surface area contributed by atoms with E-state index in [1.165, 1.54) is 0 Å². The summed E-state index contributed by atoms with van der Waals surface area (Å²) in [4.78, 5) is 0. The molecular formula is C12H18ClNO. The highest BCUT2D eigenvalue weighted by atomic mass is 35.5. The van der Waals surface area contributed by atoms with Crippen LogP contribution in [0.4, 0.5) is 0 Å². The van der Waals surface area contributed by atoms with Gasteiger partial charge >= 0.3 is 0 Å². The lowest BCUT2D eigenvalue weighted by Gasteiger charge is -2.17. The van der Waals surface area contributed by atoms with Gasteiger partial charge in [0.25, 0.3) is 0 Å². The molecule has 0 aliphatic rings. The van der Waals surface area contributed by atoms with Crippen LogP contribution >= 0.6 is 11.6 Å². The van der Waals surface area contributed by atoms with Gasteiger partial charge in [-0.05, 0) is 30.5 Å². The van der Waals surface area contributed by atoms with Crippen molar-refractivity contribution >= 4 is 11.6 Å². The second kappa shape index (κ2) is 5.38. The first kappa shape index (κ1) is 12.3. The van der Waals surface area contributed by atoms with Crippen molar-refractivity contribution in [1.29, 1.82) is 0 Å². The highest BCUT2D eigenvalue weighted by molar-refractivity contribution is 6.30. The molecule has 1 rings (SSSR count). The van der Waals surface area contributed by atoms with Crippen LogP contribution in [0.25, 0.3) is 0 Å². The highest BCUT2D eigenvalue weighted by Crippen LogP contribution is 2.30. The average molecular weight is 228 g/mol. The summed E-state index contributed by atoms with van der Waals surface area (Å²) in [6.07, 6.45) is 0.927. The molecule has 0 unspecified atom stereocenters. The van der Waals surface area contributed by atoms with Gasteiger partial charge in [-0.15, -0.1) is 0 Å². The molecule has 0 aliphatic heterocycles. The Hall–Kier alpha value is -0.730. The normalized spacial score (nSPS) is 12.9. The number of nitrogens with two attached hydrogens (primary N) is 1. The minimum atomic E-state index is -0.0151. The van der Waals surface area contributed by atoms with E-state index in [4.69, 9.17) is 22.1 Å². The zero-order valence-corrected chi connectivity index (χ0v) is 10.2. The lowest BCUT2D eigenvalue weighted by Crippen LogP contribution is -2.14. The van der Waals surface area contributed by atoms with Crippen LogP contribution in [0.3, 0.4) is 0 Å². The molecule has 0 bridgehead atoms. The van der Waals surface area contributed by atoms with Crippen LogP contribution in [0.5, 0.6) is 5.75 Å². The van der Waals surface area contributed by atoms with Gasteiger partial charge in [0, 0.05) is 16.6 Å². The number of methoxy groups -OCH3 is 1. The number of rotatable bonds is 4. The van der Waals surface area contributed by atoms with Gasteiger partial charge in [0.05, 0.1) is 7.11 Å². The van der Waals surface area contributed by atoms with Gasteiger partial charge in [-0.2, -0.15) is 0 Å². The maximum Gasteiger partial charge on any atom is 0.123 e. The molecule has 0 amide bonds. The monoisotopic (exact) mass is 227 g/mol. The molecule has 2 N–H and O–H groups in total. The van der Waals surface area contributed by atoms with Gasteiger partial charge in [0.1, 0.15) is 5.75 Å². The van der Waals surface area contributed by atoms with Crippen LogP contribution in [0.15, 0.2) is 18.2 Å². The van der Waals surface area contributed by atoms with Crippen molar-refractivity contribution in [3.63, 3.8) is 0 Å². The minimum Gasteiger partial charge on any atom is -0.496 e. The Kier molecular flexibility index (Phi) is 4.43. The van der Waals surface area contributed by atoms with E-state index in [1.54, 1.807) is 7.11 Å². The van der Waals surface area contributed by atoms with Gasteiger partial charge in [-0.25, -0.2) is 0 Å². The van der Waals surface area contributed by atoms with Crippen LogP contribution < -0.4 is 10.5 Å². The Balaban J connectivity index is 2.94. The van der Waals surface area contributed by atoms with Crippen molar-refractivity contribution in [2.45, 2.75) is 26.3 Å². The van der Waals surface area contributed by atoms with Gasteiger partial charge in [0.2, 0.25) is 0 Å². The average Bonchev–Trinajstić information content (AvgIpc) is 2.16.